The molecule has 1 aliphatic rings. The summed E-state index contributed by atoms with van der Waals surface area (Å²) in [6, 6.07) is 23.8. The Bertz CT molecular complexity index is 1450. The van der Waals surface area contributed by atoms with Crippen molar-refractivity contribution in [2.24, 2.45) is 0 Å². The smallest absolute Gasteiger partial charge is 0.301 e. The van der Waals surface area contributed by atoms with Gasteiger partial charge in [0.25, 0.3) is 5.78 Å². The normalized spacial score (nSPS) is 17.1. The molecule has 6 nitrogen and oxygen atoms in total. The first-order chi connectivity index (χ1) is 17.4. The molecule has 1 atom stereocenters. The third-order valence-electron chi connectivity index (χ3n) is 5.97. The van der Waals surface area contributed by atoms with Crippen LogP contribution in [0, 0.1) is 13.8 Å². The van der Waals surface area contributed by atoms with Gasteiger partial charge in [0, 0.05) is 11.3 Å². The van der Waals surface area contributed by atoms with Crippen LogP contribution in [-0.4, -0.2) is 27.0 Å². The van der Waals surface area contributed by atoms with Crippen LogP contribution in [-0.2, 0) is 15.3 Å². The molecule has 4 aromatic rings. The number of thioether (sulfide) groups is 1. The Labute approximate surface area is 217 Å². The lowest BCUT2D eigenvalue weighted by Crippen LogP contribution is -2.29. The summed E-state index contributed by atoms with van der Waals surface area (Å²) >= 11 is 2.78. The van der Waals surface area contributed by atoms with E-state index >= 15 is 0 Å². The van der Waals surface area contributed by atoms with Crippen LogP contribution in [0.2, 0.25) is 0 Å². The maximum Gasteiger partial charge on any atom is 0.301 e. The van der Waals surface area contributed by atoms with Crippen molar-refractivity contribution in [1.29, 1.82) is 0 Å². The van der Waals surface area contributed by atoms with Crippen molar-refractivity contribution in [3.63, 3.8) is 0 Å². The minimum atomic E-state index is -0.811. The fraction of sp³-hybridized carbons (Fsp3) is 0.143. The summed E-state index contributed by atoms with van der Waals surface area (Å²) in [5, 5.41) is 20.0. The molecule has 1 amide bonds. The van der Waals surface area contributed by atoms with Crippen LogP contribution < -0.4 is 4.90 Å². The van der Waals surface area contributed by atoms with Gasteiger partial charge in [-0.05, 0) is 25.0 Å². The molecule has 3 aromatic carbocycles. The minimum absolute atomic E-state index is 0.0408. The van der Waals surface area contributed by atoms with Crippen LogP contribution in [0.5, 0.6) is 0 Å². The number of anilines is 1. The summed E-state index contributed by atoms with van der Waals surface area (Å²) in [6.45, 7) is 4.01. The second kappa shape index (κ2) is 10.1. The molecule has 0 spiro atoms. The first-order valence-electron chi connectivity index (χ1n) is 11.4. The predicted octanol–water partition coefficient (Wildman–Crippen LogP) is 6.07. The van der Waals surface area contributed by atoms with E-state index in [1.807, 2.05) is 44.2 Å². The number of aliphatic hydroxyl groups is 1. The largest absolute Gasteiger partial charge is 0.507 e. The molecule has 1 aromatic heterocycles. The molecule has 0 bridgehead atoms. The van der Waals surface area contributed by atoms with Gasteiger partial charge in [0.2, 0.25) is 5.13 Å². The number of carbonyl (C=O) groups excluding carboxylic acids is 2. The summed E-state index contributed by atoms with van der Waals surface area (Å²) in [5.74, 6) is -0.973. The van der Waals surface area contributed by atoms with Crippen molar-refractivity contribution in [2.75, 3.05) is 4.90 Å². The van der Waals surface area contributed by atoms with E-state index in [4.69, 9.17) is 0 Å². The summed E-state index contributed by atoms with van der Waals surface area (Å²) < 4.78 is 0.693. The number of amides is 1. The Morgan fingerprint density at radius 2 is 1.56 bits per heavy atom. The summed E-state index contributed by atoms with van der Waals surface area (Å²) in [6.07, 6.45) is 0. The number of hydrogen-bond donors (Lipinski definition) is 1. The summed E-state index contributed by atoms with van der Waals surface area (Å²) in [7, 11) is 0. The number of aromatic nitrogens is 2. The molecule has 36 heavy (non-hydrogen) atoms. The molecule has 1 unspecified atom stereocenters. The second-order valence-corrected chi connectivity index (χ2v) is 10.7. The molecule has 0 radical (unpaired) electrons. The van der Waals surface area contributed by atoms with Crippen molar-refractivity contribution in [3.8, 4) is 0 Å². The highest BCUT2D eigenvalue weighted by molar-refractivity contribution is 8.00. The average Bonchev–Trinajstić information content (AvgIpc) is 3.46. The van der Waals surface area contributed by atoms with Crippen molar-refractivity contribution in [3.05, 3.63) is 112 Å². The van der Waals surface area contributed by atoms with Gasteiger partial charge in [-0.15, -0.1) is 10.2 Å². The molecule has 1 saturated heterocycles. The van der Waals surface area contributed by atoms with Gasteiger partial charge in [-0.3, -0.25) is 14.5 Å². The molecule has 0 aliphatic carbocycles. The van der Waals surface area contributed by atoms with Crippen molar-refractivity contribution < 1.29 is 14.7 Å². The zero-order chi connectivity index (χ0) is 25.2. The lowest BCUT2D eigenvalue weighted by molar-refractivity contribution is -0.132. The summed E-state index contributed by atoms with van der Waals surface area (Å²) in [4.78, 5) is 27.9. The van der Waals surface area contributed by atoms with Gasteiger partial charge in [-0.25, -0.2) is 0 Å². The molecular formula is C28H23N3O3S2. The maximum absolute atomic E-state index is 13.3. The third kappa shape index (κ3) is 4.69. The van der Waals surface area contributed by atoms with Gasteiger partial charge in [0.1, 0.15) is 5.76 Å². The fourth-order valence-electron chi connectivity index (χ4n) is 4.03. The lowest BCUT2D eigenvalue weighted by atomic mass is 9.95. The number of carbonyl (C=O) groups is 2. The van der Waals surface area contributed by atoms with Crippen molar-refractivity contribution in [2.45, 2.75) is 30.0 Å². The van der Waals surface area contributed by atoms with E-state index in [-0.39, 0.29) is 11.3 Å². The highest BCUT2D eigenvalue weighted by Crippen LogP contribution is 2.44. The van der Waals surface area contributed by atoms with Crippen LogP contribution in [0.4, 0.5) is 5.13 Å². The lowest BCUT2D eigenvalue weighted by Gasteiger charge is -2.22. The van der Waals surface area contributed by atoms with E-state index < -0.39 is 17.7 Å². The predicted molar refractivity (Wildman–Crippen MR) is 143 cm³/mol. The van der Waals surface area contributed by atoms with E-state index in [9.17, 15) is 14.7 Å². The van der Waals surface area contributed by atoms with E-state index in [2.05, 4.69) is 34.5 Å². The first-order valence-corrected chi connectivity index (χ1v) is 13.2. The number of Topliss-reactive ketones (excluding diaryl/α,β-unsaturated/α-hetero) is 1. The number of rotatable bonds is 6. The van der Waals surface area contributed by atoms with Gasteiger partial charge in [0.15, 0.2) is 4.34 Å². The quantitative estimate of drug-likeness (QED) is 0.111. The molecule has 0 saturated carbocycles. The number of ketones is 1. The number of aryl methyl sites for hydroxylation is 2. The van der Waals surface area contributed by atoms with Gasteiger partial charge in [0.05, 0.1) is 11.6 Å². The number of nitrogens with zero attached hydrogens (tertiary/aromatic N) is 3. The fourth-order valence-corrected chi connectivity index (χ4v) is 5.86. The van der Waals surface area contributed by atoms with Gasteiger partial charge in [-0.2, -0.15) is 0 Å². The topological polar surface area (TPSA) is 83.4 Å². The third-order valence-corrected chi connectivity index (χ3v) is 8.10. The molecule has 1 aliphatic heterocycles. The Morgan fingerprint density at radius 3 is 2.22 bits per heavy atom. The maximum atomic E-state index is 13.3. The number of hydrogen-bond acceptors (Lipinski definition) is 7. The van der Waals surface area contributed by atoms with E-state index in [1.54, 1.807) is 24.3 Å². The van der Waals surface area contributed by atoms with Crippen LogP contribution in [0.15, 0.2) is 88.8 Å². The monoisotopic (exact) mass is 513 g/mol. The number of aliphatic hydroxyl groups excluding tert-OH is 1. The van der Waals surface area contributed by atoms with Crippen LogP contribution >= 0.6 is 23.1 Å². The zero-order valence-electron chi connectivity index (χ0n) is 19.7. The second-order valence-electron chi connectivity index (χ2n) is 8.57. The van der Waals surface area contributed by atoms with Crippen molar-refractivity contribution >= 4 is 45.7 Å². The summed E-state index contributed by atoms with van der Waals surface area (Å²) in [5.41, 5.74) is 4.62. The molecule has 1 N–H and O–H groups in total. The molecule has 2 heterocycles. The van der Waals surface area contributed by atoms with Crippen LogP contribution in [0.25, 0.3) is 5.76 Å². The SMILES string of the molecule is Cc1ccc(CSc2nnc(N3C(=O)C(=O)/C(=C(\O)c4ccccc4)C3c3ccc(C)cc3)s2)cc1. The standard InChI is InChI=1S/C28H23N3O3S2/c1-17-8-12-19(13-9-17)16-35-28-30-29-27(36-28)31-23(20-14-10-18(2)11-15-20)22(25(33)26(31)34)24(32)21-6-4-3-5-7-21/h3-15,23,32H,16H2,1-2H3/b24-22-. The van der Waals surface area contributed by atoms with E-state index in [0.29, 0.717) is 26.4 Å². The molecule has 8 heteroatoms. The van der Waals surface area contributed by atoms with Gasteiger partial charge >= 0.3 is 5.91 Å². The van der Waals surface area contributed by atoms with E-state index in [0.717, 1.165) is 11.1 Å². The average molecular weight is 514 g/mol. The van der Waals surface area contributed by atoms with Gasteiger partial charge in [-0.1, -0.05) is 113 Å². The molecule has 180 valence electrons. The molecule has 1 fully saturated rings. The van der Waals surface area contributed by atoms with Crippen LogP contribution in [0.3, 0.4) is 0 Å². The highest BCUT2D eigenvalue weighted by atomic mass is 32.2. The van der Waals surface area contributed by atoms with Gasteiger partial charge < -0.3 is 5.11 Å². The first kappa shape index (κ1) is 24.0. The molecule has 5 rings (SSSR count). The minimum Gasteiger partial charge on any atom is -0.507 e. The zero-order valence-corrected chi connectivity index (χ0v) is 21.3. The van der Waals surface area contributed by atoms with Crippen molar-refractivity contribution in [1.82, 2.24) is 10.2 Å². The Hall–Kier alpha value is -3.75. The Balaban J connectivity index is 1.52. The van der Waals surface area contributed by atoms with Crippen LogP contribution in [0.1, 0.15) is 33.9 Å². The Morgan fingerprint density at radius 1 is 0.917 bits per heavy atom. The molecular weight excluding hydrogens is 490 g/mol. The highest BCUT2D eigenvalue weighted by Gasteiger charge is 2.48. The number of benzene rings is 3. The Kier molecular flexibility index (Phi) is 6.71. The van der Waals surface area contributed by atoms with E-state index in [1.165, 1.54) is 33.6 Å².